The molecule has 0 fully saturated rings. The Morgan fingerprint density at radius 1 is 1.12 bits per heavy atom. The number of nitrogens with one attached hydrogen (secondary N) is 3. The zero-order valence-electron chi connectivity index (χ0n) is 25.5. The normalized spacial score (nSPS) is 11.6. The average Bonchev–Trinajstić information content (AvgIpc) is 2.96. The molecule has 0 bridgehead atoms. The quantitative estimate of drug-likeness (QED) is 0.211. The van der Waals surface area contributed by atoms with Gasteiger partial charge in [0, 0.05) is 31.9 Å². The van der Waals surface area contributed by atoms with Crippen LogP contribution < -0.4 is 20.7 Å². The van der Waals surface area contributed by atoms with E-state index in [0.717, 1.165) is 35.3 Å². The lowest BCUT2D eigenvalue weighted by Crippen LogP contribution is -2.47. The number of unbranched alkanes of at least 4 members (excludes halogenated alkanes) is 1. The van der Waals surface area contributed by atoms with E-state index in [4.69, 9.17) is 9.47 Å². The third-order valence-electron chi connectivity index (χ3n) is 6.12. The first-order chi connectivity index (χ1) is 20.0. The van der Waals surface area contributed by atoms with Crippen LogP contribution in [0.4, 0.5) is 22.2 Å². The van der Waals surface area contributed by atoms with E-state index < -0.39 is 17.7 Å². The van der Waals surface area contributed by atoms with Crippen LogP contribution in [0.1, 0.15) is 59.4 Å². The molecule has 3 N–H and O–H groups in total. The van der Waals surface area contributed by atoms with Crippen LogP contribution in [-0.4, -0.2) is 70.7 Å². The number of rotatable bonds is 11. The van der Waals surface area contributed by atoms with Crippen LogP contribution in [0.3, 0.4) is 0 Å². The summed E-state index contributed by atoms with van der Waals surface area (Å²) in [4.78, 5) is 39.6. The maximum absolute atomic E-state index is 12.5. The van der Waals surface area contributed by atoms with Gasteiger partial charge in [-0.25, -0.2) is 9.78 Å². The summed E-state index contributed by atoms with van der Waals surface area (Å²) in [6, 6.07) is 7.03. The minimum absolute atomic E-state index is 0.250. The second-order valence-electron chi connectivity index (χ2n) is 10.8. The van der Waals surface area contributed by atoms with Crippen LogP contribution in [0.15, 0.2) is 36.7 Å². The third kappa shape index (κ3) is 9.51. The number of anilines is 3. The molecule has 11 heteroatoms. The lowest BCUT2D eigenvalue weighted by Gasteiger charge is -2.28. The molecule has 3 rings (SSSR count). The van der Waals surface area contributed by atoms with Gasteiger partial charge in [-0.2, -0.15) is 4.98 Å². The summed E-state index contributed by atoms with van der Waals surface area (Å²) < 4.78 is 10.6. The largest absolute Gasteiger partial charge is 0.497 e. The molecule has 0 saturated heterocycles. The first kappa shape index (κ1) is 31.9. The lowest BCUT2D eigenvalue weighted by atomic mass is 10.2. The van der Waals surface area contributed by atoms with Crippen molar-refractivity contribution < 1.29 is 19.1 Å². The van der Waals surface area contributed by atoms with Crippen LogP contribution in [0.5, 0.6) is 5.75 Å². The molecule has 224 valence electrons. The molecule has 2 amide bonds. The molecular weight excluding hydrogens is 534 g/mol. The summed E-state index contributed by atoms with van der Waals surface area (Å²) >= 11 is 0. The van der Waals surface area contributed by atoms with Gasteiger partial charge in [-0.05, 0) is 64.8 Å². The van der Waals surface area contributed by atoms with Crippen molar-refractivity contribution in [3.05, 3.63) is 42.2 Å². The van der Waals surface area contributed by atoms with E-state index >= 15 is 0 Å². The number of methoxy groups -OCH3 is 1. The van der Waals surface area contributed by atoms with Gasteiger partial charge in [-0.15, -0.1) is 0 Å². The zero-order valence-corrected chi connectivity index (χ0v) is 25.5. The topological polar surface area (TPSA) is 131 Å². The van der Waals surface area contributed by atoms with E-state index in [1.807, 2.05) is 24.3 Å². The van der Waals surface area contributed by atoms with Crippen LogP contribution in [0.2, 0.25) is 0 Å². The van der Waals surface area contributed by atoms with Crippen LogP contribution in [-0.2, 0) is 9.53 Å². The van der Waals surface area contributed by atoms with Crippen molar-refractivity contribution in [3.8, 4) is 17.6 Å². The lowest BCUT2D eigenvalue weighted by molar-refractivity contribution is -0.125. The molecule has 11 nitrogen and oxygen atoms in total. The highest BCUT2D eigenvalue weighted by atomic mass is 16.6. The van der Waals surface area contributed by atoms with Crippen molar-refractivity contribution in [2.24, 2.45) is 0 Å². The molecule has 0 spiro atoms. The van der Waals surface area contributed by atoms with Crippen LogP contribution >= 0.6 is 0 Å². The number of benzene rings is 1. The molecule has 0 aliphatic carbocycles. The standard InChI is InChI=1S/C31H41N7O4/c1-8-15-32-27-22(12-10-9-11-16-33-28(39)21(2)38(6)30(40)42-31(3,4)5)19-35-29(37-27)36-24-17-23-18-25(41-7)13-14-26(23)34-20-24/h13-14,17-21H,8-9,11,15-16H2,1-7H3,(H,33,39)(H2,32,35,36,37)/t21-/m0/s1. The highest BCUT2D eigenvalue weighted by Gasteiger charge is 2.26. The van der Waals surface area contributed by atoms with Gasteiger partial charge in [0.25, 0.3) is 0 Å². The van der Waals surface area contributed by atoms with Gasteiger partial charge in [0.05, 0.1) is 36.3 Å². The number of pyridine rings is 1. The molecule has 0 aliphatic rings. The van der Waals surface area contributed by atoms with Crippen LogP contribution in [0.25, 0.3) is 10.9 Å². The van der Waals surface area contributed by atoms with Crippen molar-refractivity contribution in [2.75, 3.05) is 37.9 Å². The maximum Gasteiger partial charge on any atom is 0.410 e. The monoisotopic (exact) mass is 575 g/mol. The van der Waals surface area contributed by atoms with E-state index in [0.29, 0.717) is 36.7 Å². The smallest absolute Gasteiger partial charge is 0.410 e. The first-order valence-electron chi connectivity index (χ1n) is 14.0. The Kier molecular flexibility index (Phi) is 11.3. The molecule has 0 saturated carbocycles. The van der Waals surface area contributed by atoms with Gasteiger partial charge in [-0.3, -0.25) is 14.7 Å². The Bertz CT molecular complexity index is 1440. The predicted molar refractivity (Wildman–Crippen MR) is 165 cm³/mol. The molecule has 3 aromatic rings. The Morgan fingerprint density at radius 2 is 1.90 bits per heavy atom. The van der Waals surface area contributed by atoms with E-state index in [9.17, 15) is 9.59 Å². The molecule has 1 aromatic carbocycles. The Balaban J connectivity index is 1.57. The predicted octanol–water partition coefficient (Wildman–Crippen LogP) is 5.10. The summed E-state index contributed by atoms with van der Waals surface area (Å²) in [5, 5.41) is 10.3. The fourth-order valence-electron chi connectivity index (χ4n) is 3.71. The van der Waals surface area contributed by atoms with E-state index in [1.54, 1.807) is 54.2 Å². The van der Waals surface area contributed by atoms with Crippen molar-refractivity contribution in [2.45, 2.75) is 65.5 Å². The van der Waals surface area contributed by atoms with Gasteiger partial charge in [0.2, 0.25) is 11.9 Å². The minimum Gasteiger partial charge on any atom is -0.497 e. The molecule has 2 aromatic heterocycles. The molecule has 0 aliphatic heterocycles. The zero-order chi connectivity index (χ0) is 30.7. The number of ether oxygens (including phenoxy) is 2. The van der Waals surface area contributed by atoms with Gasteiger partial charge in [0.1, 0.15) is 23.2 Å². The number of carbonyl (C=O) groups is 2. The summed E-state index contributed by atoms with van der Waals surface area (Å²) in [5.41, 5.74) is 1.68. The van der Waals surface area contributed by atoms with Gasteiger partial charge in [-0.1, -0.05) is 18.8 Å². The van der Waals surface area contributed by atoms with Gasteiger partial charge in [0.15, 0.2) is 0 Å². The van der Waals surface area contributed by atoms with Crippen LogP contribution in [0, 0.1) is 11.8 Å². The number of aromatic nitrogens is 3. The number of fused-ring (bicyclic) bond motifs is 1. The molecule has 42 heavy (non-hydrogen) atoms. The third-order valence-corrected chi connectivity index (χ3v) is 6.12. The van der Waals surface area contributed by atoms with E-state index in [-0.39, 0.29) is 5.91 Å². The summed E-state index contributed by atoms with van der Waals surface area (Å²) in [5.74, 6) is 7.86. The fourth-order valence-corrected chi connectivity index (χ4v) is 3.71. The van der Waals surface area contributed by atoms with Crippen molar-refractivity contribution >= 4 is 40.4 Å². The SMILES string of the molecule is CCCNc1nc(Nc2cnc3ccc(OC)cc3c2)ncc1C#CCCCNC(=O)[C@H](C)N(C)C(=O)OC(C)(C)C. The van der Waals surface area contributed by atoms with Crippen molar-refractivity contribution in [1.82, 2.24) is 25.2 Å². The van der Waals surface area contributed by atoms with Crippen molar-refractivity contribution in [3.63, 3.8) is 0 Å². The summed E-state index contributed by atoms with van der Waals surface area (Å²) in [7, 11) is 3.18. The first-order valence-corrected chi connectivity index (χ1v) is 14.0. The van der Waals surface area contributed by atoms with E-state index in [1.165, 1.54) is 4.90 Å². The van der Waals surface area contributed by atoms with E-state index in [2.05, 4.69) is 49.7 Å². The molecular formula is C31H41N7O4. The fraction of sp³-hybridized carbons (Fsp3) is 0.452. The number of likely N-dealkylation sites (N-methyl/N-ethyl adjacent to an activating group) is 1. The Hall–Kier alpha value is -4.59. The number of hydrogen-bond donors (Lipinski definition) is 3. The average molecular weight is 576 g/mol. The number of hydrogen-bond acceptors (Lipinski definition) is 9. The second kappa shape index (κ2) is 14.9. The molecule has 0 radical (unpaired) electrons. The molecule has 0 unspecified atom stereocenters. The summed E-state index contributed by atoms with van der Waals surface area (Å²) in [6.07, 6.45) is 5.03. The summed E-state index contributed by atoms with van der Waals surface area (Å²) in [6.45, 7) is 10.3. The van der Waals surface area contributed by atoms with Crippen molar-refractivity contribution in [1.29, 1.82) is 0 Å². The number of nitrogens with zero attached hydrogens (tertiary/aromatic N) is 4. The molecule has 2 heterocycles. The van der Waals surface area contributed by atoms with Gasteiger partial charge < -0.3 is 25.4 Å². The molecule has 1 atom stereocenters. The number of carbonyl (C=O) groups excluding carboxylic acids is 2. The Morgan fingerprint density at radius 3 is 2.62 bits per heavy atom. The highest BCUT2D eigenvalue weighted by Crippen LogP contribution is 2.24. The second-order valence-corrected chi connectivity index (χ2v) is 10.8. The minimum atomic E-state index is -0.657. The Labute approximate surface area is 247 Å². The highest BCUT2D eigenvalue weighted by molar-refractivity contribution is 5.85. The number of amides is 2. The maximum atomic E-state index is 12.5. The van der Waals surface area contributed by atoms with Gasteiger partial charge >= 0.3 is 6.09 Å².